The van der Waals surface area contributed by atoms with Crippen molar-refractivity contribution in [3.8, 4) is 11.5 Å². The number of aromatic nitrogens is 2. The van der Waals surface area contributed by atoms with Gasteiger partial charge in [0, 0.05) is 117 Å². The van der Waals surface area contributed by atoms with E-state index in [0.29, 0.717) is 36.7 Å². The van der Waals surface area contributed by atoms with Crippen LogP contribution in [0.3, 0.4) is 0 Å². The van der Waals surface area contributed by atoms with Gasteiger partial charge in [-0.25, -0.2) is 14.6 Å². The lowest BCUT2D eigenvalue weighted by molar-refractivity contribution is -0.166. The number of carbonyl (C=O) groups is 3. The number of rotatable bonds is 9. The fraction of sp³-hybridized carbons (Fsp3) is 0.475. The summed E-state index contributed by atoms with van der Waals surface area (Å²) >= 11 is 0. The molecule has 422 valence electrons. The van der Waals surface area contributed by atoms with Crippen molar-refractivity contribution in [2.45, 2.75) is 106 Å². The van der Waals surface area contributed by atoms with Gasteiger partial charge < -0.3 is 58.7 Å². The number of aryl methyl sites for hydroxylation is 1. The number of pyridine rings is 1. The zero-order valence-electron chi connectivity index (χ0n) is 46.5. The summed E-state index contributed by atoms with van der Waals surface area (Å²) in [4.78, 5) is 83.4. The summed E-state index contributed by atoms with van der Waals surface area (Å²) in [6, 6.07) is 4.62. The second-order valence-electron chi connectivity index (χ2n) is 21.6. The molecule has 1 amide bonds. The van der Waals surface area contributed by atoms with Crippen LogP contribution in [0.15, 0.2) is 80.7 Å². The fourth-order valence-corrected chi connectivity index (χ4v) is 10.9. The molecule has 0 spiro atoms. The van der Waals surface area contributed by atoms with E-state index in [1.807, 2.05) is 6.92 Å². The van der Waals surface area contributed by atoms with Gasteiger partial charge in [0.05, 0.1) is 40.7 Å². The standard InChI is InChI=1S/C59H71N5O15/c1-12-36-26-60-18-16-38(36)58(73)75-28-42(66)78-53-32(6)40(74-11)17-23-76-59(10)56(71)45-43-44(51(69)35(9)54(45)79-59)52(70)48(62-57(72)31(5)15-13-14-30(4)49(67)33(7)50(68)34(53)8)55-47(43)61-46-39(65)24-37(25-41(46)77-55)64-21-19-63(20-22-64)27-29(2)3/h13-18,23-26,29-30,32-34,40,49-50,53,67-69,71H,12,19-22,27-28H2,1-11H3,(H,62,72)/b14-13+,23-17+,31-15-. The van der Waals surface area contributed by atoms with Crippen molar-refractivity contribution < 1.29 is 62.9 Å². The molecule has 79 heavy (non-hydrogen) atoms. The number of benzene rings is 3. The van der Waals surface area contributed by atoms with Crippen LogP contribution in [0.1, 0.15) is 83.8 Å². The van der Waals surface area contributed by atoms with Gasteiger partial charge in [0.15, 0.2) is 29.0 Å². The number of allylic oxidation sites excluding steroid dienone is 2. The summed E-state index contributed by atoms with van der Waals surface area (Å²) in [5.41, 5.74) is -0.753. The molecule has 3 aromatic carbocycles. The number of aliphatic hydroxyl groups excluding tert-OH is 3. The van der Waals surface area contributed by atoms with Crippen LogP contribution in [0.2, 0.25) is 0 Å². The van der Waals surface area contributed by atoms with Crippen molar-refractivity contribution in [3.63, 3.8) is 0 Å². The summed E-state index contributed by atoms with van der Waals surface area (Å²) < 4.78 is 36.4. The number of esters is 2. The van der Waals surface area contributed by atoms with Gasteiger partial charge in [0.2, 0.25) is 10.9 Å². The van der Waals surface area contributed by atoms with Crippen LogP contribution in [0.4, 0.5) is 11.4 Å². The number of aliphatic hydroxyl groups is 3. The highest BCUT2D eigenvalue weighted by Gasteiger charge is 2.44. The van der Waals surface area contributed by atoms with E-state index in [0.717, 1.165) is 19.6 Å². The molecule has 20 nitrogen and oxygen atoms in total. The summed E-state index contributed by atoms with van der Waals surface area (Å²) in [5.74, 6) is -8.34. The minimum absolute atomic E-state index is 0.0168. The van der Waals surface area contributed by atoms with Crippen LogP contribution in [-0.4, -0.2) is 130 Å². The Kier molecular flexibility index (Phi) is 17.2. The Morgan fingerprint density at radius 1 is 0.949 bits per heavy atom. The number of anilines is 2. The largest absolute Gasteiger partial charge is 0.507 e. The SMILES string of the molecule is CCc1cnccc1C(=O)OCC(=O)OC1C(C)C(OC)/C=C/OC2(C)Oc3c(C)c(O)c4c(=O)c(c5oc6cc(N7CCN(CC(C)C)CC7)cc(=O)c6nc5c4c3=C2O)NC(=O)/C(C)=C\C=C\C(C)C(O)C(C)C(O)C1C. The van der Waals surface area contributed by atoms with Gasteiger partial charge in [-0.15, -0.1) is 0 Å². The van der Waals surface area contributed by atoms with Crippen LogP contribution >= 0.6 is 0 Å². The number of hydrogen-bond donors (Lipinski definition) is 5. The van der Waals surface area contributed by atoms with Gasteiger partial charge in [-0.2, -0.15) is 0 Å². The Hall–Kier alpha value is -7.39. The third kappa shape index (κ3) is 11.4. The lowest BCUT2D eigenvalue weighted by Crippen LogP contribution is -2.47. The molecule has 5 aromatic rings. The monoisotopic (exact) mass is 1090 g/mol. The topological polar surface area (TPSA) is 270 Å². The zero-order chi connectivity index (χ0) is 57.4. The molecule has 5 bridgehead atoms. The maximum Gasteiger partial charge on any atom is 0.344 e. The van der Waals surface area contributed by atoms with Crippen molar-refractivity contribution in [1.29, 1.82) is 0 Å². The molecular weight excluding hydrogens is 1020 g/mol. The van der Waals surface area contributed by atoms with E-state index in [4.69, 9.17) is 33.1 Å². The van der Waals surface area contributed by atoms with E-state index in [9.17, 15) is 39.6 Å². The molecule has 2 aromatic heterocycles. The molecule has 9 unspecified atom stereocenters. The molecule has 1 fully saturated rings. The molecule has 6 heterocycles. The van der Waals surface area contributed by atoms with Crippen molar-refractivity contribution >= 4 is 68.0 Å². The number of aromatic hydroxyl groups is 1. The van der Waals surface area contributed by atoms with Gasteiger partial charge in [-0.3, -0.25) is 24.3 Å². The first-order valence-corrected chi connectivity index (χ1v) is 26.7. The van der Waals surface area contributed by atoms with E-state index < -0.39 is 106 Å². The minimum Gasteiger partial charge on any atom is -0.507 e. The van der Waals surface area contributed by atoms with Crippen LogP contribution in [0.25, 0.3) is 38.7 Å². The first-order chi connectivity index (χ1) is 37.5. The van der Waals surface area contributed by atoms with E-state index in [-0.39, 0.29) is 60.6 Å². The number of fused-ring (bicyclic) bond motifs is 14. The summed E-state index contributed by atoms with van der Waals surface area (Å²) in [6.07, 6.45) is 6.21. The molecule has 0 radical (unpaired) electrons. The highest BCUT2D eigenvalue weighted by Crippen LogP contribution is 2.42. The average Bonchev–Trinajstić information content (AvgIpc) is 3.79. The first kappa shape index (κ1) is 57.8. The van der Waals surface area contributed by atoms with E-state index >= 15 is 4.79 Å². The lowest BCUT2D eigenvalue weighted by atomic mass is 9.78. The predicted octanol–water partition coefficient (Wildman–Crippen LogP) is 6.13. The zero-order valence-corrected chi connectivity index (χ0v) is 46.5. The summed E-state index contributed by atoms with van der Waals surface area (Å²) in [6.45, 7) is 20.2. The summed E-state index contributed by atoms with van der Waals surface area (Å²) in [5, 5.41) is 50.0. The van der Waals surface area contributed by atoms with Crippen molar-refractivity contribution in [1.82, 2.24) is 14.9 Å². The third-order valence-corrected chi connectivity index (χ3v) is 15.6. The number of methoxy groups -OCH3 is 1. The molecule has 4 aliphatic heterocycles. The third-order valence-electron chi connectivity index (χ3n) is 15.6. The van der Waals surface area contributed by atoms with Crippen molar-refractivity contribution in [2.75, 3.05) is 56.7 Å². The smallest absolute Gasteiger partial charge is 0.344 e. The molecule has 0 aliphatic carbocycles. The average molecular weight is 1090 g/mol. The molecule has 20 heteroatoms. The minimum atomic E-state index is -2.06. The quantitative estimate of drug-likeness (QED) is 0.0631. The molecule has 1 saturated heterocycles. The number of nitrogens with zero attached hydrogens (tertiary/aromatic N) is 4. The van der Waals surface area contributed by atoms with Gasteiger partial charge in [0.25, 0.3) is 5.91 Å². The first-order valence-electron chi connectivity index (χ1n) is 26.7. The Labute approximate surface area is 456 Å². The maximum atomic E-state index is 15.0. The van der Waals surface area contributed by atoms with Gasteiger partial charge in [-0.05, 0) is 43.9 Å². The van der Waals surface area contributed by atoms with E-state index in [2.05, 4.69) is 33.9 Å². The molecule has 5 N–H and O–H groups in total. The number of nitrogens with one attached hydrogen (secondary N) is 1. The number of amides is 1. The Balaban J connectivity index is 1.25. The van der Waals surface area contributed by atoms with E-state index in [1.54, 1.807) is 45.9 Å². The Morgan fingerprint density at radius 2 is 1.67 bits per heavy atom. The predicted molar refractivity (Wildman–Crippen MR) is 297 cm³/mol. The number of carbonyl (C=O) groups excluding carboxylic acids is 3. The molecular formula is C59H71N5O15. The highest BCUT2D eigenvalue weighted by atomic mass is 16.7. The van der Waals surface area contributed by atoms with E-state index in [1.165, 1.54) is 70.8 Å². The number of ether oxygens (including phenoxy) is 5. The normalized spacial score (nSPS) is 26.9. The number of piperazine rings is 1. The molecule has 9 atom stereocenters. The van der Waals surface area contributed by atoms with Crippen LogP contribution in [0, 0.1) is 36.5 Å². The van der Waals surface area contributed by atoms with Crippen LogP contribution in [-0.2, 0) is 35.0 Å². The number of phenolic OH excluding ortho intramolecular Hbond substituents is 1. The van der Waals surface area contributed by atoms with Gasteiger partial charge >= 0.3 is 17.7 Å². The Bertz CT molecular complexity index is 3460. The van der Waals surface area contributed by atoms with Crippen molar-refractivity contribution in [3.05, 3.63) is 109 Å². The Morgan fingerprint density at radius 3 is 2.35 bits per heavy atom. The lowest BCUT2D eigenvalue weighted by Gasteiger charge is -2.38. The second kappa shape index (κ2) is 23.5. The highest BCUT2D eigenvalue weighted by molar-refractivity contribution is 6.17. The number of phenols is 1. The number of hydrogen-bond acceptors (Lipinski definition) is 19. The van der Waals surface area contributed by atoms with Crippen LogP contribution in [0.5, 0.6) is 11.5 Å². The van der Waals surface area contributed by atoms with Gasteiger partial charge in [0.1, 0.15) is 28.8 Å². The molecule has 4 aliphatic rings. The fourth-order valence-electron chi connectivity index (χ4n) is 10.9. The van der Waals surface area contributed by atoms with Gasteiger partial charge in [-0.1, -0.05) is 66.7 Å². The second-order valence-corrected chi connectivity index (χ2v) is 21.6. The van der Waals surface area contributed by atoms with Crippen LogP contribution < -0.4 is 31.0 Å². The molecule has 0 saturated carbocycles. The van der Waals surface area contributed by atoms with Crippen molar-refractivity contribution in [2.24, 2.45) is 29.6 Å². The molecule has 9 rings (SSSR count). The maximum absolute atomic E-state index is 15.0. The summed E-state index contributed by atoms with van der Waals surface area (Å²) in [7, 11) is 1.40.